The van der Waals surface area contributed by atoms with E-state index < -0.39 is 17.8 Å². The standard InChI is InChI=1S/C12H11BrN2O4/c1-7-2-3-8(6-9(7)13)12(19)15-14-10(16)4-5-11(17)18/h2-6H,1H3,(H,14,16)(H,15,19)(H,17,18)/b5-4+. The Bertz CT molecular complexity index is 555. The highest BCUT2D eigenvalue weighted by Gasteiger charge is 2.07. The molecule has 0 aromatic heterocycles. The average Bonchev–Trinajstić information content (AvgIpc) is 2.36. The molecule has 1 aromatic carbocycles. The Balaban J connectivity index is 2.58. The molecule has 1 aromatic rings. The lowest BCUT2D eigenvalue weighted by molar-refractivity contribution is -0.131. The molecule has 0 bridgehead atoms. The number of carboxylic acids is 1. The van der Waals surface area contributed by atoms with Gasteiger partial charge in [-0.3, -0.25) is 20.4 Å². The number of carboxylic acid groups (broad SMARTS) is 1. The van der Waals surface area contributed by atoms with Gasteiger partial charge in [0.1, 0.15) is 0 Å². The second-order valence-corrected chi connectivity index (χ2v) is 4.43. The van der Waals surface area contributed by atoms with E-state index in [1.54, 1.807) is 18.2 Å². The van der Waals surface area contributed by atoms with Crippen LogP contribution in [0, 0.1) is 6.92 Å². The minimum absolute atomic E-state index is 0.361. The second kappa shape index (κ2) is 6.69. The van der Waals surface area contributed by atoms with Crippen molar-refractivity contribution in [2.45, 2.75) is 6.92 Å². The maximum atomic E-state index is 11.7. The summed E-state index contributed by atoms with van der Waals surface area (Å²) in [6, 6.07) is 4.98. The van der Waals surface area contributed by atoms with Crippen molar-refractivity contribution >= 4 is 33.7 Å². The van der Waals surface area contributed by atoms with Crippen molar-refractivity contribution in [2.24, 2.45) is 0 Å². The highest BCUT2D eigenvalue weighted by molar-refractivity contribution is 9.10. The summed E-state index contributed by atoms with van der Waals surface area (Å²) >= 11 is 3.29. The number of carbonyl (C=O) groups is 3. The van der Waals surface area contributed by atoms with Crippen molar-refractivity contribution in [1.82, 2.24) is 10.9 Å². The van der Waals surface area contributed by atoms with Crippen molar-refractivity contribution in [3.8, 4) is 0 Å². The molecule has 0 spiro atoms. The van der Waals surface area contributed by atoms with Gasteiger partial charge in [0.2, 0.25) is 0 Å². The smallest absolute Gasteiger partial charge is 0.328 e. The number of nitrogens with one attached hydrogen (secondary N) is 2. The lowest BCUT2D eigenvalue weighted by Gasteiger charge is -2.06. The van der Waals surface area contributed by atoms with E-state index in [-0.39, 0.29) is 0 Å². The van der Waals surface area contributed by atoms with Gasteiger partial charge in [-0.1, -0.05) is 22.0 Å². The Morgan fingerprint density at radius 2 is 1.89 bits per heavy atom. The normalized spacial score (nSPS) is 10.2. The highest BCUT2D eigenvalue weighted by atomic mass is 79.9. The fourth-order valence-electron chi connectivity index (χ4n) is 1.11. The van der Waals surface area contributed by atoms with Gasteiger partial charge >= 0.3 is 5.97 Å². The molecule has 100 valence electrons. The number of aryl methyl sites for hydroxylation is 1. The summed E-state index contributed by atoms with van der Waals surface area (Å²) in [4.78, 5) is 33.0. The highest BCUT2D eigenvalue weighted by Crippen LogP contribution is 2.17. The fourth-order valence-corrected chi connectivity index (χ4v) is 1.49. The first-order valence-electron chi connectivity index (χ1n) is 5.17. The summed E-state index contributed by atoms with van der Waals surface area (Å²) in [6.45, 7) is 1.88. The lowest BCUT2D eigenvalue weighted by atomic mass is 10.1. The molecule has 19 heavy (non-hydrogen) atoms. The third-order valence-electron chi connectivity index (χ3n) is 2.11. The van der Waals surface area contributed by atoms with Crippen LogP contribution in [-0.4, -0.2) is 22.9 Å². The van der Waals surface area contributed by atoms with Crippen molar-refractivity contribution in [1.29, 1.82) is 0 Å². The maximum absolute atomic E-state index is 11.7. The summed E-state index contributed by atoms with van der Waals surface area (Å²) < 4.78 is 0.775. The van der Waals surface area contributed by atoms with Crippen molar-refractivity contribution in [2.75, 3.05) is 0 Å². The van der Waals surface area contributed by atoms with E-state index in [1.807, 2.05) is 6.92 Å². The molecule has 2 amide bonds. The molecule has 0 saturated carbocycles. The molecule has 0 radical (unpaired) electrons. The van der Waals surface area contributed by atoms with Crippen LogP contribution in [0.2, 0.25) is 0 Å². The zero-order valence-corrected chi connectivity index (χ0v) is 11.5. The molecule has 6 nitrogen and oxygen atoms in total. The molecule has 0 saturated heterocycles. The van der Waals surface area contributed by atoms with Gasteiger partial charge in [-0.05, 0) is 24.6 Å². The number of aliphatic carboxylic acids is 1. The maximum Gasteiger partial charge on any atom is 0.328 e. The molecule has 0 unspecified atom stereocenters. The van der Waals surface area contributed by atoms with Crippen LogP contribution in [-0.2, 0) is 9.59 Å². The van der Waals surface area contributed by atoms with E-state index in [9.17, 15) is 14.4 Å². The molecular formula is C12H11BrN2O4. The Morgan fingerprint density at radius 3 is 2.47 bits per heavy atom. The predicted octanol–water partition coefficient (Wildman–Crippen LogP) is 1.16. The molecule has 0 aliphatic carbocycles. The third kappa shape index (κ3) is 4.92. The molecule has 0 fully saturated rings. The molecule has 7 heteroatoms. The van der Waals surface area contributed by atoms with Crippen LogP contribution < -0.4 is 10.9 Å². The van der Waals surface area contributed by atoms with E-state index in [0.717, 1.165) is 16.1 Å². The number of rotatable bonds is 3. The quantitative estimate of drug-likeness (QED) is 0.573. The van der Waals surface area contributed by atoms with E-state index in [2.05, 4.69) is 26.8 Å². The molecule has 0 aliphatic rings. The summed E-state index contributed by atoms with van der Waals surface area (Å²) in [5.74, 6) is -2.48. The summed E-state index contributed by atoms with van der Waals surface area (Å²) in [5.41, 5.74) is 5.57. The van der Waals surface area contributed by atoms with Gasteiger partial charge in [0, 0.05) is 22.2 Å². The summed E-state index contributed by atoms with van der Waals surface area (Å²) in [5, 5.41) is 8.31. The molecule has 3 N–H and O–H groups in total. The van der Waals surface area contributed by atoms with E-state index in [4.69, 9.17) is 5.11 Å². The topological polar surface area (TPSA) is 95.5 Å². The molecule has 0 atom stereocenters. The fraction of sp³-hybridized carbons (Fsp3) is 0.0833. The van der Waals surface area contributed by atoms with Crippen LogP contribution in [0.15, 0.2) is 34.8 Å². The van der Waals surface area contributed by atoms with Gasteiger partial charge in [0.15, 0.2) is 0 Å². The average molecular weight is 327 g/mol. The third-order valence-corrected chi connectivity index (χ3v) is 2.96. The number of carbonyl (C=O) groups excluding carboxylic acids is 2. The Labute approximate surface area is 117 Å². The van der Waals surface area contributed by atoms with Crippen molar-refractivity contribution in [3.05, 3.63) is 46.0 Å². The number of hydrogen-bond donors (Lipinski definition) is 3. The largest absolute Gasteiger partial charge is 0.478 e. The van der Waals surface area contributed by atoms with Crippen LogP contribution in [0.25, 0.3) is 0 Å². The van der Waals surface area contributed by atoms with Crippen LogP contribution >= 0.6 is 15.9 Å². The van der Waals surface area contributed by atoms with E-state index >= 15 is 0 Å². The van der Waals surface area contributed by atoms with Gasteiger partial charge in [0.25, 0.3) is 11.8 Å². The number of benzene rings is 1. The number of halogens is 1. The number of hydrogen-bond acceptors (Lipinski definition) is 3. The van der Waals surface area contributed by atoms with E-state index in [0.29, 0.717) is 11.6 Å². The van der Waals surface area contributed by atoms with Crippen molar-refractivity contribution in [3.63, 3.8) is 0 Å². The Kier molecular flexibility index (Phi) is 5.25. The van der Waals surface area contributed by atoms with Gasteiger partial charge in [0.05, 0.1) is 0 Å². The summed E-state index contributed by atoms with van der Waals surface area (Å²) in [6.07, 6.45) is 1.47. The monoisotopic (exact) mass is 326 g/mol. The van der Waals surface area contributed by atoms with Crippen LogP contribution in [0.4, 0.5) is 0 Å². The number of amides is 2. The summed E-state index contributed by atoms with van der Waals surface area (Å²) in [7, 11) is 0. The molecule has 0 heterocycles. The minimum atomic E-state index is -1.25. The van der Waals surface area contributed by atoms with Gasteiger partial charge in [-0.25, -0.2) is 4.79 Å². The zero-order valence-electron chi connectivity index (χ0n) is 9.94. The first-order valence-corrected chi connectivity index (χ1v) is 5.97. The first-order chi connectivity index (χ1) is 8.90. The minimum Gasteiger partial charge on any atom is -0.478 e. The van der Waals surface area contributed by atoms with Crippen LogP contribution in [0.1, 0.15) is 15.9 Å². The second-order valence-electron chi connectivity index (χ2n) is 3.58. The molecular weight excluding hydrogens is 316 g/mol. The first kappa shape index (κ1) is 14.9. The van der Waals surface area contributed by atoms with Crippen molar-refractivity contribution < 1.29 is 19.5 Å². The van der Waals surface area contributed by atoms with Crippen LogP contribution in [0.5, 0.6) is 0 Å². The molecule has 1 rings (SSSR count). The zero-order chi connectivity index (χ0) is 14.4. The SMILES string of the molecule is Cc1ccc(C(=O)NNC(=O)/C=C/C(=O)O)cc1Br. The van der Waals surface area contributed by atoms with Gasteiger partial charge in [-0.15, -0.1) is 0 Å². The Morgan fingerprint density at radius 1 is 1.21 bits per heavy atom. The number of hydrazine groups is 1. The van der Waals surface area contributed by atoms with E-state index in [1.165, 1.54) is 0 Å². The molecule has 0 aliphatic heterocycles. The Hall–Kier alpha value is -2.15. The van der Waals surface area contributed by atoms with Crippen LogP contribution in [0.3, 0.4) is 0 Å². The lowest BCUT2D eigenvalue weighted by Crippen LogP contribution is -2.40. The van der Waals surface area contributed by atoms with Gasteiger partial charge < -0.3 is 5.11 Å². The van der Waals surface area contributed by atoms with Gasteiger partial charge in [-0.2, -0.15) is 0 Å². The predicted molar refractivity (Wildman–Crippen MR) is 71.3 cm³/mol.